The second kappa shape index (κ2) is 6.74. The van der Waals surface area contributed by atoms with Gasteiger partial charge in [0.05, 0.1) is 6.04 Å². The van der Waals surface area contributed by atoms with Gasteiger partial charge in [-0.1, -0.05) is 45.7 Å². The van der Waals surface area contributed by atoms with Gasteiger partial charge in [-0.3, -0.25) is 0 Å². The Kier molecular flexibility index (Phi) is 5.62. The SMILES string of the molecule is CCCCC(CC)c1nc(C(N)C(C)C)no1. The molecule has 0 aliphatic rings. The molecule has 98 valence electrons. The third-order valence-electron chi connectivity index (χ3n) is 3.22. The highest BCUT2D eigenvalue weighted by molar-refractivity contribution is 4.98. The van der Waals surface area contributed by atoms with Crippen molar-refractivity contribution in [3.05, 3.63) is 11.7 Å². The predicted molar refractivity (Wildman–Crippen MR) is 68.6 cm³/mol. The molecule has 0 aliphatic carbocycles. The van der Waals surface area contributed by atoms with Gasteiger partial charge >= 0.3 is 0 Å². The van der Waals surface area contributed by atoms with Crippen molar-refractivity contribution in [2.75, 3.05) is 0 Å². The quantitative estimate of drug-likeness (QED) is 0.792. The maximum atomic E-state index is 6.01. The lowest BCUT2D eigenvalue weighted by Crippen LogP contribution is -2.18. The Balaban J connectivity index is 2.71. The molecule has 1 heterocycles. The lowest BCUT2D eigenvalue weighted by Gasteiger charge is -2.10. The smallest absolute Gasteiger partial charge is 0.229 e. The zero-order valence-electron chi connectivity index (χ0n) is 11.4. The Morgan fingerprint density at radius 3 is 2.53 bits per heavy atom. The second-order valence-electron chi connectivity index (χ2n) is 5.01. The highest BCUT2D eigenvalue weighted by Crippen LogP contribution is 2.25. The average Bonchev–Trinajstić information content (AvgIpc) is 2.78. The number of hydrogen-bond acceptors (Lipinski definition) is 4. The number of nitrogens with zero attached hydrogens (tertiary/aromatic N) is 2. The van der Waals surface area contributed by atoms with Crippen molar-refractivity contribution in [3.8, 4) is 0 Å². The largest absolute Gasteiger partial charge is 0.339 e. The summed E-state index contributed by atoms with van der Waals surface area (Å²) < 4.78 is 5.34. The van der Waals surface area contributed by atoms with E-state index >= 15 is 0 Å². The molecular formula is C13H25N3O. The van der Waals surface area contributed by atoms with Gasteiger partial charge in [0.15, 0.2) is 5.82 Å². The molecule has 0 radical (unpaired) electrons. The van der Waals surface area contributed by atoms with Crippen LogP contribution in [0.4, 0.5) is 0 Å². The van der Waals surface area contributed by atoms with Crippen molar-refractivity contribution >= 4 is 0 Å². The predicted octanol–water partition coefficient (Wildman–Crippen LogP) is 3.41. The van der Waals surface area contributed by atoms with E-state index in [9.17, 15) is 0 Å². The molecule has 4 nitrogen and oxygen atoms in total. The number of hydrogen-bond donors (Lipinski definition) is 1. The van der Waals surface area contributed by atoms with Crippen LogP contribution in [-0.4, -0.2) is 10.1 Å². The van der Waals surface area contributed by atoms with Crippen LogP contribution in [-0.2, 0) is 0 Å². The molecule has 1 aromatic heterocycles. The summed E-state index contributed by atoms with van der Waals surface area (Å²) in [6, 6.07) is -0.129. The van der Waals surface area contributed by atoms with E-state index in [4.69, 9.17) is 10.3 Å². The summed E-state index contributed by atoms with van der Waals surface area (Å²) in [7, 11) is 0. The maximum Gasteiger partial charge on any atom is 0.229 e. The molecule has 0 bridgehead atoms. The lowest BCUT2D eigenvalue weighted by atomic mass is 9.99. The van der Waals surface area contributed by atoms with E-state index in [-0.39, 0.29) is 6.04 Å². The van der Waals surface area contributed by atoms with Gasteiger partial charge in [0, 0.05) is 5.92 Å². The van der Waals surface area contributed by atoms with E-state index in [2.05, 4.69) is 37.8 Å². The van der Waals surface area contributed by atoms with Crippen LogP contribution in [0.2, 0.25) is 0 Å². The summed E-state index contributed by atoms with van der Waals surface area (Å²) >= 11 is 0. The van der Waals surface area contributed by atoms with E-state index in [1.165, 1.54) is 12.8 Å². The minimum absolute atomic E-state index is 0.129. The topological polar surface area (TPSA) is 64.9 Å². The third-order valence-corrected chi connectivity index (χ3v) is 3.22. The summed E-state index contributed by atoms with van der Waals surface area (Å²) in [6.45, 7) is 8.48. The minimum Gasteiger partial charge on any atom is -0.339 e. The van der Waals surface area contributed by atoms with Crippen molar-refractivity contribution in [1.29, 1.82) is 0 Å². The van der Waals surface area contributed by atoms with Crippen LogP contribution >= 0.6 is 0 Å². The number of rotatable bonds is 7. The Hall–Kier alpha value is -0.900. The van der Waals surface area contributed by atoms with Crippen molar-refractivity contribution in [2.45, 2.75) is 65.3 Å². The Bertz CT molecular complexity index is 322. The van der Waals surface area contributed by atoms with E-state index in [0.717, 1.165) is 18.7 Å². The minimum atomic E-state index is -0.129. The Morgan fingerprint density at radius 2 is 2.00 bits per heavy atom. The van der Waals surface area contributed by atoms with Crippen molar-refractivity contribution in [2.24, 2.45) is 11.7 Å². The first kappa shape index (κ1) is 14.2. The fourth-order valence-electron chi connectivity index (χ4n) is 1.80. The molecular weight excluding hydrogens is 214 g/mol. The molecule has 2 N–H and O–H groups in total. The molecule has 17 heavy (non-hydrogen) atoms. The van der Waals surface area contributed by atoms with Gasteiger partial charge in [-0.25, -0.2) is 0 Å². The summed E-state index contributed by atoms with van der Waals surface area (Å²) in [4.78, 5) is 4.45. The van der Waals surface area contributed by atoms with Crippen LogP contribution in [0.25, 0.3) is 0 Å². The maximum absolute atomic E-state index is 6.01. The van der Waals surface area contributed by atoms with Crippen molar-refractivity contribution < 1.29 is 4.52 Å². The second-order valence-corrected chi connectivity index (χ2v) is 5.01. The highest BCUT2D eigenvalue weighted by Gasteiger charge is 2.21. The first-order valence-electron chi connectivity index (χ1n) is 6.69. The summed E-state index contributed by atoms with van der Waals surface area (Å²) in [5, 5.41) is 4.00. The molecule has 0 amide bonds. The van der Waals surface area contributed by atoms with Crippen LogP contribution in [0.15, 0.2) is 4.52 Å². The van der Waals surface area contributed by atoms with Crippen LogP contribution in [0.3, 0.4) is 0 Å². The first-order chi connectivity index (χ1) is 8.10. The molecule has 1 rings (SSSR count). The van der Waals surface area contributed by atoms with Crippen LogP contribution in [0.1, 0.15) is 77.1 Å². The average molecular weight is 239 g/mol. The zero-order valence-corrected chi connectivity index (χ0v) is 11.4. The molecule has 1 aromatic rings. The summed E-state index contributed by atoms with van der Waals surface area (Å²) in [5.74, 6) is 2.11. The normalized spacial score (nSPS) is 15.2. The van der Waals surface area contributed by atoms with Crippen LogP contribution in [0.5, 0.6) is 0 Å². The van der Waals surface area contributed by atoms with Gasteiger partial charge in [0.25, 0.3) is 0 Å². The monoisotopic (exact) mass is 239 g/mol. The summed E-state index contributed by atoms with van der Waals surface area (Å²) in [5.41, 5.74) is 6.01. The molecule has 0 aliphatic heterocycles. The molecule has 4 heteroatoms. The highest BCUT2D eigenvalue weighted by atomic mass is 16.5. The lowest BCUT2D eigenvalue weighted by molar-refractivity contribution is 0.331. The first-order valence-corrected chi connectivity index (χ1v) is 6.69. The van der Waals surface area contributed by atoms with Crippen LogP contribution < -0.4 is 5.73 Å². The molecule has 0 saturated carbocycles. The van der Waals surface area contributed by atoms with Crippen LogP contribution in [0, 0.1) is 5.92 Å². The van der Waals surface area contributed by atoms with Gasteiger partial charge in [-0.05, 0) is 18.8 Å². The fraction of sp³-hybridized carbons (Fsp3) is 0.846. The number of aromatic nitrogens is 2. The molecule has 0 fully saturated rings. The summed E-state index contributed by atoms with van der Waals surface area (Å²) in [6.07, 6.45) is 4.56. The zero-order chi connectivity index (χ0) is 12.8. The van der Waals surface area contributed by atoms with Crippen molar-refractivity contribution in [3.63, 3.8) is 0 Å². The van der Waals surface area contributed by atoms with E-state index in [1.54, 1.807) is 0 Å². The van der Waals surface area contributed by atoms with Gasteiger partial charge in [-0.15, -0.1) is 0 Å². The van der Waals surface area contributed by atoms with Gasteiger partial charge < -0.3 is 10.3 Å². The Labute approximate surface area is 104 Å². The molecule has 2 unspecified atom stereocenters. The molecule has 0 spiro atoms. The number of nitrogens with two attached hydrogens (primary N) is 1. The third kappa shape index (κ3) is 3.80. The van der Waals surface area contributed by atoms with E-state index < -0.39 is 0 Å². The van der Waals surface area contributed by atoms with Gasteiger partial charge in [0.1, 0.15) is 0 Å². The molecule has 2 atom stereocenters. The van der Waals surface area contributed by atoms with Crippen molar-refractivity contribution in [1.82, 2.24) is 10.1 Å². The molecule has 0 aromatic carbocycles. The fourth-order valence-corrected chi connectivity index (χ4v) is 1.80. The standard InChI is InChI=1S/C13H25N3O/c1-5-7-8-10(6-2)13-15-12(16-17-13)11(14)9(3)4/h9-11H,5-8,14H2,1-4H3. The van der Waals surface area contributed by atoms with E-state index in [0.29, 0.717) is 17.7 Å². The van der Waals surface area contributed by atoms with Gasteiger partial charge in [0.2, 0.25) is 5.89 Å². The van der Waals surface area contributed by atoms with E-state index in [1.807, 2.05) is 0 Å². The molecule has 0 saturated heterocycles. The Morgan fingerprint density at radius 1 is 1.29 bits per heavy atom. The van der Waals surface area contributed by atoms with Gasteiger partial charge in [-0.2, -0.15) is 4.98 Å². The number of unbranched alkanes of at least 4 members (excludes halogenated alkanes) is 1.